The third-order valence-electron chi connectivity index (χ3n) is 1.89. The molecule has 5 heteroatoms. The Hall–Kier alpha value is -0.640. The molecule has 0 aliphatic rings. The van der Waals surface area contributed by atoms with Crippen molar-refractivity contribution < 1.29 is 0 Å². The van der Waals surface area contributed by atoms with Gasteiger partial charge in [-0.2, -0.15) is 0 Å². The van der Waals surface area contributed by atoms with E-state index in [-0.39, 0.29) is 5.38 Å². The van der Waals surface area contributed by atoms with Crippen LogP contribution in [-0.2, 0) is 0 Å². The second kappa shape index (κ2) is 4.47. The Morgan fingerprint density at radius 3 is 2.60 bits per heavy atom. The first-order valence-electron chi connectivity index (χ1n) is 4.41. The van der Waals surface area contributed by atoms with E-state index in [0.717, 1.165) is 15.6 Å². The van der Waals surface area contributed by atoms with Crippen molar-refractivity contribution in [2.75, 3.05) is 0 Å². The maximum Gasteiger partial charge on any atom is 0.149 e. The molecule has 2 rings (SSSR count). The van der Waals surface area contributed by atoms with Gasteiger partial charge in [-0.3, -0.25) is 0 Å². The fourth-order valence-corrected chi connectivity index (χ4v) is 2.41. The molecule has 0 saturated carbocycles. The van der Waals surface area contributed by atoms with Crippen molar-refractivity contribution in [1.29, 1.82) is 0 Å². The van der Waals surface area contributed by atoms with E-state index < -0.39 is 0 Å². The summed E-state index contributed by atoms with van der Waals surface area (Å²) >= 11 is 13.4. The number of rotatable bonds is 2. The molecule has 0 saturated heterocycles. The van der Waals surface area contributed by atoms with Crippen LogP contribution in [0.2, 0.25) is 5.02 Å². The van der Waals surface area contributed by atoms with Crippen LogP contribution in [-0.4, -0.2) is 10.2 Å². The zero-order valence-corrected chi connectivity index (χ0v) is 10.3. The highest BCUT2D eigenvalue weighted by molar-refractivity contribution is 7.15. The third kappa shape index (κ3) is 2.30. The average molecular weight is 259 g/mol. The van der Waals surface area contributed by atoms with Crippen molar-refractivity contribution in [3.05, 3.63) is 34.3 Å². The molecule has 0 fully saturated rings. The molecule has 0 N–H and O–H groups in total. The van der Waals surface area contributed by atoms with Crippen LogP contribution in [0.3, 0.4) is 0 Å². The zero-order valence-electron chi connectivity index (χ0n) is 7.95. The van der Waals surface area contributed by atoms with E-state index in [1.807, 2.05) is 31.2 Å². The van der Waals surface area contributed by atoms with Gasteiger partial charge in [-0.15, -0.1) is 21.8 Å². The Balaban J connectivity index is 2.42. The number of hydrogen-bond acceptors (Lipinski definition) is 3. The van der Waals surface area contributed by atoms with Crippen LogP contribution in [0, 0.1) is 0 Å². The smallest absolute Gasteiger partial charge is 0.142 e. The SMILES string of the molecule is CC(Cl)c1nnc(-c2ccccc2Cl)s1. The van der Waals surface area contributed by atoms with E-state index in [9.17, 15) is 0 Å². The molecule has 0 spiro atoms. The van der Waals surface area contributed by atoms with Gasteiger partial charge in [0, 0.05) is 5.56 Å². The summed E-state index contributed by atoms with van der Waals surface area (Å²) in [6, 6.07) is 7.57. The molecule has 0 amide bonds. The Kier molecular flexibility index (Phi) is 3.24. The van der Waals surface area contributed by atoms with Crippen molar-refractivity contribution in [3.63, 3.8) is 0 Å². The Labute approximate surface area is 102 Å². The lowest BCUT2D eigenvalue weighted by molar-refractivity contribution is 0.962. The van der Waals surface area contributed by atoms with Crippen LogP contribution in [0.25, 0.3) is 10.6 Å². The molecule has 15 heavy (non-hydrogen) atoms. The highest BCUT2D eigenvalue weighted by Crippen LogP contribution is 2.32. The highest BCUT2D eigenvalue weighted by Gasteiger charge is 2.12. The third-order valence-corrected chi connectivity index (χ3v) is 3.69. The molecule has 0 radical (unpaired) electrons. The van der Waals surface area contributed by atoms with Crippen molar-refractivity contribution in [3.8, 4) is 10.6 Å². The van der Waals surface area contributed by atoms with Gasteiger partial charge in [0.25, 0.3) is 0 Å². The zero-order chi connectivity index (χ0) is 10.8. The average Bonchev–Trinajstić information content (AvgIpc) is 2.67. The van der Waals surface area contributed by atoms with Gasteiger partial charge in [-0.05, 0) is 13.0 Å². The van der Waals surface area contributed by atoms with Crippen LogP contribution in [0.1, 0.15) is 17.3 Å². The second-order valence-electron chi connectivity index (χ2n) is 3.04. The fraction of sp³-hybridized carbons (Fsp3) is 0.200. The quantitative estimate of drug-likeness (QED) is 0.757. The normalized spacial score (nSPS) is 12.7. The van der Waals surface area contributed by atoms with Crippen molar-refractivity contribution in [1.82, 2.24) is 10.2 Å². The summed E-state index contributed by atoms with van der Waals surface area (Å²) in [5.74, 6) is 0. The van der Waals surface area contributed by atoms with E-state index in [4.69, 9.17) is 23.2 Å². The summed E-state index contributed by atoms with van der Waals surface area (Å²) in [6.45, 7) is 1.87. The van der Waals surface area contributed by atoms with Gasteiger partial charge in [0.1, 0.15) is 10.0 Å². The minimum atomic E-state index is -0.112. The lowest BCUT2D eigenvalue weighted by Crippen LogP contribution is -1.81. The van der Waals surface area contributed by atoms with Gasteiger partial charge in [0.05, 0.1) is 10.4 Å². The summed E-state index contributed by atoms with van der Waals surface area (Å²) in [5.41, 5.74) is 0.903. The maximum atomic E-state index is 6.05. The number of hydrogen-bond donors (Lipinski definition) is 0. The molecule has 1 heterocycles. The van der Waals surface area contributed by atoms with E-state index in [1.54, 1.807) is 0 Å². The van der Waals surface area contributed by atoms with E-state index in [0.29, 0.717) is 5.02 Å². The summed E-state index contributed by atoms with van der Waals surface area (Å²) in [5, 5.41) is 10.3. The molecule has 0 bridgehead atoms. The number of halogens is 2. The van der Waals surface area contributed by atoms with Crippen LogP contribution >= 0.6 is 34.5 Å². The first kappa shape index (κ1) is 10.9. The van der Waals surface area contributed by atoms with Crippen LogP contribution in [0.5, 0.6) is 0 Å². The number of benzene rings is 1. The number of alkyl halides is 1. The molecule has 1 aromatic carbocycles. The van der Waals surface area contributed by atoms with E-state index in [1.165, 1.54) is 11.3 Å². The van der Waals surface area contributed by atoms with Gasteiger partial charge in [0.2, 0.25) is 0 Å². The lowest BCUT2D eigenvalue weighted by atomic mass is 10.2. The van der Waals surface area contributed by atoms with Crippen LogP contribution in [0.15, 0.2) is 24.3 Å². The summed E-state index contributed by atoms with van der Waals surface area (Å²) in [6.07, 6.45) is 0. The van der Waals surface area contributed by atoms with Gasteiger partial charge in [0.15, 0.2) is 0 Å². The standard InChI is InChI=1S/C10H8Cl2N2S/c1-6(11)9-13-14-10(15-9)7-4-2-3-5-8(7)12/h2-6H,1H3. The first-order chi connectivity index (χ1) is 7.18. The van der Waals surface area contributed by atoms with Gasteiger partial charge >= 0.3 is 0 Å². The van der Waals surface area contributed by atoms with Gasteiger partial charge in [-0.25, -0.2) is 0 Å². The molecular weight excluding hydrogens is 251 g/mol. The highest BCUT2D eigenvalue weighted by atomic mass is 35.5. The Bertz CT molecular complexity index is 468. The molecule has 1 aromatic heterocycles. The first-order valence-corrected chi connectivity index (χ1v) is 6.04. The van der Waals surface area contributed by atoms with Crippen molar-refractivity contribution in [2.45, 2.75) is 12.3 Å². The molecule has 0 aliphatic carbocycles. The van der Waals surface area contributed by atoms with Crippen molar-refractivity contribution >= 4 is 34.5 Å². The predicted octanol–water partition coefficient (Wildman–Crippen LogP) is 4.16. The molecule has 1 unspecified atom stereocenters. The molecular formula is C10H8Cl2N2S. The van der Waals surface area contributed by atoms with Gasteiger partial charge in [-0.1, -0.05) is 41.1 Å². The van der Waals surface area contributed by atoms with E-state index >= 15 is 0 Å². The fourth-order valence-electron chi connectivity index (χ4n) is 1.14. The molecule has 2 aromatic rings. The van der Waals surface area contributed by atoms with Crippen molar-refractivity contribution in [2.24, 2.45) is 0 Å². The van der Waals surface area contributed by atoms with E-state index in [2.05, 4.69) is 10.2 Å². The number of aromatic nitrogens is 2. The topological polar surface area (TPSA) is 25.8 Å². The summed E-state index contributed by atoms with van der Waals surface area (Å²) in [7, 11) is 0. The lowest BCUT2D eigenvalue weighted by Gasteiger charge is -1.97. The van der Waals surface area contributed by atoms with Crippen LogP contribution in [0.4, 0.5) is 0 Å². The number of nitrogens with zero attached hydrogens (tertiary/aromatic N) is 2. The minimum Gasteiger partial charge on any atom is -0.142 e. The minimum absolute atomic E-state index is 0.112. The second-order valence-corrected chi connectivity index (χ2v) is 5.11. The van der Waals surface area contributed by atoms with Gasteiger partial charge < -0.3 is 0 Å². The summed E-state index contributed by atoms with van der Waals surface area (Å²) in [4.78, 5) is 0. The monoisotopic (exact) mass is 258 g/mol. The Morgan fingerprint density at radius 2 is 2.00 bits per heavy atom. The largest absolute Gasteiger partial charge is 0.149 e. The van der Waals surface area contributed by atoms with Crippen LogP contribution < -0.4 is 0 Å². The Morgan fingerprint density at radius 1 is 1.27 bits per heavy atom. The predicted molar refractivity (Wildman–Crippen MR) is 64.6 cm³/mol. The summed E-state index contributed by atoms with van der Waals surface area (Å²) < 4.78 is 0. The molecule has 2 nitrogen and oxygen atoms in total. The maximum absolute atomic E-state index is 6.05. The molecule has 78 valence electrons. The molecule has 1 atom stereocenters. The molecule has 0 aliphatic heterocycles.